The van der Waals surface area contributed by atoms with Gasteiger partial charge in [0.2, 0.25) is 0 Å². The van der Waals surface area contributed by atoms with Gasteiger partial charge in [-0.25, -0.2) is 0 Å². The quantitative estimate of drug-likeness (QED) is 0.224. The topological polar surface area (TPSA) is 9.23 Å². The van der Waals surface area contributed by atoms with Crippen molar-refractivity contribution < 1.29 is 4.74 Å². The number of benzene rings is 1. The molecule has 1 nitrogen and oxygen atoms in total. The Morgan fingerprint density at radius 2 is 1.48 bits per heavy atom. The molecule has 0 aliphatic carbocycles. The van der Waals surface area contributed by atoms with Crippen LogP contribution in [0.5, 0.6) is 0 Å². The summed E-state index contributed by atoms with van der Waals surface area (Å²) >= 11 is -2.39. The summed E-state index contributed by atoms with van der Waals surface area (Å²) in [4.78, 5) is 0. The molecule has 1 aliphatic rings. The van der Waals surface area contributed by atoms with E-state index >= 15 is 0 Å². The summed E-state index contributed by atoms with van der Waals surface area (Å²) in [7, 11) is -1.49. The van der Waals surface area contributed by atoms with Crippen LogP contribution in [0, 0.1) is 5.92 Å². The SMILES string of the molecule is C=C([C@@H]1/C(=[CH]\[Sn]([CH2]CCC)([CH2]CCC)[CH2]CCC)CO[C@H]1c1ccccc1)[Si](C)(C)C. The van der Waals surface area contributed by atoms with Gasteiger partial charge in [-0.1, -0.05) is 0 Å². The van der Waals surface area contributed by atoms with E-state index in [1.807, 2.05) is 0 Å². The van der Waals surface area contributed by atoms with E-state index in [0.717, 1.165) is 6.61 Å². The molecule has 0 spiro atoms. The molecule has 0 N–H and O–H groups in total. The molecule has 31 heavy (non-hydrogen) atoms. The average molecular weight is 547 g/mol. The summed E-state index contributed by atoms with van der Waals surface area (Å²) in [5.74, 6) is 0.384. The van der Waals surface area contributed by atoms with Gasteiger partial charge in [0, 0.05) is 0 Å². The van der Waals surface area contributed by atoms with E-state index in [9.17, 15) is 0 Å². The number of hydrogen-bond acceptors (Lipinski definition) is 1. The van der Waals surface area contributed by atoms with Crippen molar-refractivity contribution in [2.75, 3.05) is 6.61 Å². The molecule has 0 amide bonds. The van der Waals surface area contributed by atoms with Crippen LogP contribution in [0.2, 0.25) is 33.0 Å². The van der Waals surface area contributed by atoms with Crippen molar-refractivity contribution >= 4 is 26.5 Å². The zero-order valence-electron chi connectivity index (χ0n) is 21.3. The van der Waals surface area contributed by atoms with Gasteiger partial charge in [-0.05, 0) is 0 Å². The maximum absolute atomic E-state index is 6.57. The minimum atomic E-state index is -2.39. The van der Waals surface area contributed by atoms with Crippen molar-refractivity contribution in [3.63, 3.8) is 0 Å². The number of unbranched alkanes of at least 4 members (excludes halogenated alkanes) is 3. The molecule has 0 bridgehead atoms. The molecule has 1 aromatic rings. The van der Waals surface area contributed by atoms with E-state index in [4.69, 9.17) is 11.3 Å². The van der Waals surface area contributed by atoms with Gasteiger partial charge < -0.3 is 0 Å². The van der Waals surface area contributed by atoms with Crippen molar-refractivity contribution in [1.29, 1.82) is 0 Å². The standard InChI is InChI=1S/C16H21OSi.3C4H9.Sn/c1-12-11-17-16(14-9-7-6-8-10-14)15(12)13(2)18(3,4)5;3*1-3-4-2;/h1,6-10,15-16H,2,11H2,3-5H3;3*1,3-4H2,2H3;/t15-,16-;;;;/m0..../s1. The summed E-state index contributed by atoms with van der Waals surface area (Å²) in [6.45, 7) is 20.0. The second kappa shape index (κ2) is 12.8. The molecule has 2 rings (SSSR count). The molecule has 3 heteroatoms. The van der Waals surface area contributed by atoms with Gasteiger partial charge in [-0.2, -0.15) is 0 Å². The summed E-state index contributed by atoms with van der Waals surface area (Å²) < 4.78 is 14.1. The Morgan fingerprint density at radius 3 is 1.94 bits per heavy atom. The Bertz CT molecular complexity index is 682. The zero-order chi connectivity index (χ0) is 22.9. The third-order valence-electron chi connectivity index (χ3n) is 7.17. The third kappa shape index (κ3) is 7.60. The molecular formula is C28H48OSiSn. The predicted molar refractivity (Wildman–Crippen MR) is 144 cm³/mol. The van der Waals surface area contributed by atoms with Crippen molar-refractivity contribution in [3.05, 3.63) is 57.3 Å². The second-order valence-corrected chi connectivity index (χ2v) is 28.8. The Labute approximate surface area is 198 Å². The van der Waals surface area contributed by atoms with E-state index in [0.29, 0.717) is 5.92 Å². The summed E-state index contributed by atoms with van der Waals surface area (Å²) in [5.41, 5.74) is 2.94. The Hall–Kier alpha value is -0.324. The van der Waals surface area contributed by atoms with Gasteiger partial charge in [0.05, 0.1) is 0 Å². The van der Waals surface area contributed by atoms with Crippen molar-refractivity contribution in [3.8, 4) is 0 Å². The van der Waals surface area contributed by atoms with Crippen LogP contribution >= 0.6 is 0 Å². The van der Waals surface area contributed by atoms with Crippen LogP contribution in [-0.2, 0) is 4.74 Å². The first-order chi connectivity index (χ1) is 14.8. The van der Waals surface area contributed by atoms with Gasteiger partial charge in [0.25, 0.3) is 0 Å². The molecule has 1 heterocycles. The fourth-order valence-corrected chi connectivity index (χ4v) is 21.8. The molecule has 1 saturated heterocycles. The molecule has 0 saturated carbocycles. The van der Waals surface area contributed by atoms with Crippen LogP contribution in [0.3, 0.4) is 0 Å². The first-order valence-electron chi connectivity index (χ1n) is 12.9. The molecule has 1 aliphatic heterocycles. The van der Waals surface area contributed by atoms with Gasteiger partial charge in [-0.3, -0.25) is 0 Å². The van der Waals surface area contributed by atoms with Crippen LogP contribution in [0.1, 0.15) is 71.0 Å². The molecule has 1 fully saturated rings. The van der Waals surface area contributed by atoms with Gasteiger partial charge in [0.1, 0.15) is 0 Å². The third-order valence-corrected chi connectivity index (χ3v) is 23.8. The van der Waals surface area contributed by atoms with Gasteiger partial charge in [0.15, 0.2) is 0 Å². The van der Waals surface area contributed by atoms with Crippen molar-refractivity contribution in [2.45, 2.75) is 98.4 Å². The van der Waals surface area contributed by atoms with E-state index < -0.39 is 26.5 Å². The van der Waals surface area contributed by atoms with Crippen LogP contribution in [-0.4, -0.2) is 33.1 Å². The molecule has 0 radical (unpaired) electrons. The Morgan fingerprint density at radius 1 is 0.968 bits per heavy atom. The summed E-state index contributed by atoms with van der Waals surface area (Å²) in [6, 6.07) is 10.9. The first kappa shape index (κ1) is 26.9. The van der Waals surface area contributed by atoms with Crippen LogP contribution in [0.15, 0.2) is 51.8 Å². The molecule has 1 aromatic carbocycles. The maximum atomic E-state index is 6.57. The van der Waals surface area contributed by atoms with Crippen LogP contribution < -0.4 is 0 Å². The average Bonchev–Trinajstić information content (AvgIpc) is 3.17. The minimum absolute atomic E-state index is 0.152. The Balaban J connectivity index is 2.50. The van der Waals surface area contributed by atoms with Crippen LogP contribution in [0.25, 0.3) is 0 Å². The van der Waals surface area contributed by atoms with Crippen molar-refractivity contribution in [2.24, 2.45) is 5.92 Å². The normalized spacial score (nSPS) is 21.0. The molecule has 174 valence electrons. The zero-order valence-corrected chi connectivity index (χ0v) is 25.2. The van der Waals surface area contributed by atoms with Gasteiger partial charge >= 0.3 is 199 Å². The number of ether oxygens (including phenoxy) is 1. The summed E-state index contributed by atoms with van der Waals surface area (Å²) in [6.07, 6.45) is 8.37. The van der Waals surface area contributed by atoms with Crippen molar-refractivity contribution in [1.82, 2.24) is 0 Å². The molecular weight excluding hydrogens is 499 g/mol. The van der Waals surface area contributed by atoms with E-state index in [1.54, 1.807) is 5.57 Å². The van der Waals surface area contributed by atoms with Gasteiger partial charge in [-0.15, -0.1) is 0 Å². The molecule has 2 atom stereocenters. The molecule has 0 unspecified atom stereocenters. The van der Waals surface area contributed by atoms with Crippen LogP contribution in [0.4, 0.5) is 0 Å². The fourth-order valence-electron chi connectivity index (χ4n) is 5.07. The van der Waals surface area contributed by atoms with E-state index in [1.165, 1.54) is 62.6 Å². The predicted octanol–water partition coefficient (Wildman–Crippen LogP) is 9.12. The molecule has 0 aromatic heterocycles. The Kier molecular flexibility index (Phi) is 11.1. The summed E-state index contributed by atoms with van der Waals surface area (Å²) in [5, 5.41) is 1.48. The van der Waals surface area contributed by atoms with E-state index in [2.05, 4.69) is 74.8 Å². The fraction of sp³-hybridized carbons (Fsp3) is 0.643. The first-order valence-corrected chi connectivity index (χ1v) is 24.1. The van der Waals surface area contributed by atoms with E-state index in [-0.39, 0.29) is 6.10 Å². The number of hydrogen-bond donors (Lipinski definition) is 0. The number of rotatable bonds is 13. The monoisotopic (exact) mass is 548 g/mol. The second-order valence-electron chi connectivity index (χ2n) is 10.8.